The van der Waals surface area contributed by atoms with E-state index in [1.165, 1.54) is 11.3 Å². The molecule has 2 aromatic rings. The summed E-state index contributed by atoms with van der Waals surface area (Å²) in [4.78, 5) is 10.9. The standard InChI is InChI=1S/C14H16N4/c1-2-5-13-12(4-1)10-15-8-9-18(13)11-14-16-6-3-7-17-14/h1-7,15H,8-11H2. The fourth-order valence-electron chi connectivity index (χ4n) is 2.27. The first-order valence-corrected chi connectivity index (χ1v) is 6.23. The van der Waals surface area contributed by atoms with E-state index in [2.05, 4.69) is 44.5 Å². The minimum Gasteiger partial charge on any atom is -0.362 e. The van der Waals surface area contributed by atoms with Crippen LogP contribution >= 0.6 is 0 Å². The molecule has 0 fully saturated rings. The van der Waals surface area contributed by atoms with Gasteiger partial charge in [-0.15, -0.1) is 0 Å². The van der Waals surface area contributed by atoms with Gasteiger partial charge in [0.2, 0.25) is 0 Å². The minimum atomic E-state index is 0.763. The summed E-state index contributed by atoms with van der Waals surface area (Å²) in [6.45, 7) is 3.67. The summed E-state index contributed by atoms with van der Waals surface area (Å²) < 4.78 is 0. The van der Waals surface area contributed by atoms with E-state index in [0.29, 0.717) is 0 Å². The average Bonchev–Trinajstić information content (AvgIpc) is 2.63. The maximum Gasteiger partial charge on any atom is 0.147 e. The molecule has 0 spiro atoms. The molecule has 1 aromatic heterocycles. The Hall–Kier alpha value is -1.94. The molecule has 1 aliphatic rings. The van der Waals surface area contributed by atoms with Crippen LogP contribution in [0.4, 0.5) is 5.69 Å². The lowest BCUT2D eigenvalue weighted by atomic mass is 10.1. The molecule has 0 saturated heterocycles. The van der Waals surface area contributed by atoms with Gasteiger partial charge >= 0.3 is 0 Å². The molecular weight excluding hydrogens is 224 g/mol. The Bertz CT molecular complexity index is 512. The number of para-hydroxylation sites is 1. The number of nitrogens with zero attached hydrogens (tertiary/aromatic N) is 3. The Morgan fingerprint density at radius 2 is 1.94 bits per heavy atom. The van der Waals surface area contributed by atoms with Crippen molar-refractivity contribution in [2.75, 3.05) is 18.0 Å². The van der Waals surface area contributed by atoms with Crippen molar-refractivity contribution in [3.8, 4) is 0 Å². The number of hydrogen-bond donors (Lipinski definition) is 1. The van der Waals surface area contributed by atoms with Gasteiger partial charge in [0.1, 0.15) is 5.82 Å². The molecular formula is C14H16N4. The molecule has 0 radical (unpaired) electrons. The van der Waals surface area contributed by atoms with Crippen LogP contribution in [0.25, 0.3) is 0 Å². The van der Waals surface area contributed by atoms with E-state index < -0.39 is 0 Å². The van der Waals surface area contributed by atoms with E-state index in [-0.39, 0.29) is 0 Å². The van der Waals surface area contributed by atoms with Crippen LogP contribution in [0, 0.1) is 0 Å². The lowest BCUT2D eigenvalue weighted by Gasteiger charge is -2.23. The number of anilines is 1. The number of rotatable bonds is 2. The van der Waals surface area contributed by atoms with Crippen molar-refractivity contribution in [3.05, 3.63) is 54.1 Å². The second-order valence-corrected chi connectivity index (χ2v) is 4.39. The van der Waals surface area contributed by atoms with Crippen molar-refractivity contribution in [3.63, 3.8) is 0 Å². The van der Waals surface area contributed by atoms with Crippen LogP contribution in [0.2, 0.25) is 0 Å². The zero-order chi connectivity index (χ0) is 12.2. The zero-order valence-corrected chi connectivity index (χ0v) is 10.2. The van der Waals surface area contributed by atoms with Gasteiger partial charge < -0.3 is 10.2 Å². The molecule has 2 heterocycles. The highest BCUT2D eigenvalue weighted by Crippen LogP contribution is 2.22. The summed E-state index contributed by atoms with van der Waals surface area (Å²) in [5.74, 6) is 0.870. The van der Waals surface area contributed by atoms with Gasteiger partial charge in [0.15, 0.2) is 0 Å². The fraction of sp³-hybridized carbons (Fsp3) is 0.286. The fourth-order valence-corrected chi connectivity index (χ4v) is 2.27. The molecule has 1 aromatic carbocycles. The average molecular weight is 240 g/mol. The molecule has 0 saturated carbocycles. The molecule has 92 valence electrons. The number of fused-ring (bicyclic) bond motifs is 1. The van der Waals surface area contributed by atoms with Gasteiger partial charge in [0.05, 0.1) is 6.54 Å². The third-order valence-electron chi connectivity index (χ3n) is 3.16. The predicted molar refractivity (Wildman–Crippen MR) is 71.2 cm³/mol. The normalized spacial score (nSPS) is 15.0. The number of hydrogen-bond acceptors (Lipinski definition) is 4. The lowest BCUT2D eigenvalue weighted by molar-refractivity contribution is 0.679. The molecule has 1 N–H and O–H groups in total. The van der Waals surface area contributed by atoms with E-state index in [0.717, 1.165) is 32.0 Å². The van der Waals surface area contributed by atoms with Gasteiger partial charge in [0, 0.05) is 37.7 Å². The quantitative estimate of drug-likeness (QED) is 0.865. The molecule has 0 aliphatic carbocycles. The Balaban J connectivity index is 1.88. The summed E-state index contributed by atoms with van der Waals surface area (Å²) in [7, 11) is 0. The Morgan fingerprint density at radius 3 is 2.83 bits per heavy atom. The summed E-state index contributed by atoms with van der Waals surface area (Å²) >= 11 is 0. The van der Waals surface area contributed by atoms with Crippen LogP contribution in [-0.4, -0.2) is 23.1 Å². The second kappa shape index (κ2) is 5.14. The summed E-state index contributed by atoms with van der Waals surface area (Å²) in [5.41, 5.74) is 2.63. The lowest BCUT2D eigenvalue weighted by Crippen LogP contribution is -2.29. The molecule has 0 bridgehead atoms. The van der Waals surface area contributed by atoms with E-state index >= 15 is 0 Å². The Kier molecular flexibility index (Phi) is 3.19. The highest BCUT2D eigenvalue weighted by atomic mass is 15.2. The topological polar surface area (TPSA) is 41.1 Å². The van der Waals surface area contributed by atoms with Crippen molar-refractivity contribution >= 4 is 5.69 Å². The van der Waals surface area contributed by atoms with E-state index in [9.17, 15) is 0 Å². The van der Waals surface area contributed by atoms with Gasteiger partial charge in [-0.2, -0.15) is 0 Å². The third-order valence-corrected chi connectivity index (χ3v) is 3.16. The largest absolute Gasteiger partial charge is 0.362 e. The molecule has 1 aliphatic heterocycles. The molecule has 4 heteroatoms. The molecule has 0 unspecified atom stereocenters. The van der Waals surface area contributed by atoms with Crippen LogP contribution in [0.3, 0.4) is 0 Å². The van der Waals surface area contributed by atoms with Crippen LogP contribution in [0.15, 0.2) is 42.7 Å². The second-order valence-electron chi connectivity index (χ2n) is 4.39. The monoisotopic (exact) mass is 240 g/mol. The highest BCUT2D eigenvalue weighted by Gasteiger charge is 2.15. The van der Waals surface area contributed by atoms with E-state index in [1.54, 1.807) is 12.4 Å². The number of aromatic nitrogens is 2. The first-order chi connectivity index (χ1) is 8.93. The Labute approximate surface area is 107 Å². The highest BCUT2D eigenvalue weighted by molar-refractivity contribution is 5.54. The first-order valence-electron chi connectivity index (χ1n) is 6.23. The van der Waals surface area contributed by atoms with Gasteiger partial charge in [0.25, 0.3) is 0 Å². The van der Waals surface area contributed by atoms with Gasteiger partial charge in [-0.05, 0) is 17.7 Å². The third kappa shape index (κ3) is 2.33. The maximum absolute atomic E-state index is 4.30. The van der Waals surface area contributed by atoms with Crippen LogP contribution in [-0.2, 0) is 13.1 Å². The van der Waals surface area contributed by atoms with Crippen LogP contribution < -0.4 is 10.2 Å². The van der Waals surface area contributed by atoms with Gasteiger partial charge in [-0.25, -0.2) is 9.97 Å². The smallest absolute Gasteiger partial charge is 0.147 e. The summed E-state index contributed by atoms with van der Waals surface area (Å²) in [5, 5.41) is 3.44. The van der Waals surface area contributed by atoms with Crippen molar-refractivity contribution in [1.82, 2.24) is 15.3 Å². The van der Waals surface area contributed by atoms with Crippen molar-refractivity contribution < 1.29 is 0 Å². The summed E-state index contributed by atoms with van der Waals surface area (Å²) in [6, 6.07) is 10.4. The minimum absolute atomic E-state index is 0.763. The molecule has 18 heavy (non-hydrogen) atoms. The maximum atomic E-state index is 4.30. The SMILES string of the molecule is c1cnc(CN2CCNCc3ccccc32)nc1. The number of benzene rings is 1. The van der Waals surface area contributed by atoms with E-state index in [1.807, 2.05) is 6.07 Å². The molecule has 4 nitrogen and oxygen atoms in total. The molecule has 3 rings (SSSR count). The predicted octanol–water partition coefficient (Wildman–Crippen LogP) is 1.59. The van der Waals surface area contributed by atoms with Crippen molar-refractivity contribution in [2.45, 2.75) is 13.1 Å². The van der Waals surface area contributed by atoms with Crippen LogP contribution in [0.1, 0.15) is 11.4 Å². The molecule has 0 atom stereocenters. The summed E-state index contributed by atoms with van der Waals surface area (Å²) in [6.07, 6.45) is 3.59. The first kappa shape index (κ1) is 11.2. The zero-order valence-electron chi connectivity index (χ0n) is 10.2. The number of nitrogens with one attached hydrogen (secondary N) is 1. The van der Waals surface area contributed by atoms with Gasteiger partial charge in [-0.3, -0.25) is 0 Å². The van der Waals surface area contributed by atoms with Crippen molar-refractivity contribution in [2.24, 2.45) is 0 Å². The van der Waals surface area contributed by atoms with Crippen LogP contribution in [0.5, 0.6) is 0 Å². The van der Waals surface area contributed by atoms with Gasteiger partial charge in [-0.1, -0.05) is 18.2 Å². The Morgan fingerprint density at radius 1 is 1.11 bits per heavy atom. The van der Waals surface area contributed by atoms with E-state index in [4.69, 9.17) is 0 Å². The van der Waals surface area contributed by atoms with Crippen molar-refractivity contribution in [1.29, 1.82) is 0 Å². The molecule has 0 amide bonds.